The molecular formula is C23H16N4O6. The van der Waals surface area contributed by atoms with Crippen molar-refractivity contribution in [1.82, 2.24) is 0 Å². The number of para-hydroxylation sites is 1. The second-order valence-corrected chi connectivity index (χ2v) is 6.68. The molecule has 0 spiro atoms. The molecule has 0 bridgehead atoms. The minimum atomic E-state index is -0.744. The van der Waals surface area contributed by atoms with Crippen LogP contribution in [0.2, 0.25) is 0 Å². The van der Waals surface area contributed by atoms with Crippen LogP contribution in [0.4, 0.5) is 17.1 Å². The highest BCUT2D eigenvalue weighted by Gasteiger charge is 2.14. The number of ether oxygens (including phenoxy) is 1. The van der Waals surface area contributed by atoms with E-state index in [1.165, 1.54) is 42.5 Å². The second kappa shape index (κ2) is 10.3. The van der Waals surface area contributed by atoms with Crippen molar-refractivity contribution in [2.75, 3.05) is 5.32 Å². The van der Waals surface area contributed by atoms with Crippen molar-refractivity contribution in [1.29, 1.82) is 5.26 Å². The first-order valence-electron chi connectivity index (χ1n) is 9.50. The van der Waals surface area contributed by atoms with E-state index >= 15 is 0 Å². The molecule has 0 fully saturated rings. The molecule has 0 aromatic heterocycles. The monoisotopic (exact) mass is 444 g/mol. The molecule has 0 aliphatic carbocycles. The molecule has 10 heteroatoms. The van der Waals surface area contributed by atoms with E-state index in [0.717, 1.165) is 0 Å². The van der Waals surface area contributed by atoms with Crippen molar-refractivity contribution in [3.05, 3.63) is 110 Å². The molecule has 0 heterocycles. The van der Waals surface area contributed by atoms with Gasteiger partial charge in [0.1, 0.15) is 24.0 Å². The zero-order valence-corrected chi connectivity index (χ0v) is 17.0. The van der Waals surface area contributed by atoms with Gasteiger partial charge in [-0.3, -0.25) is 25.0 Å². The summed E-state index contributed by atoms with van der Waals surface area (Å²) in [5.74, 6) is -0.383. The Morgan fingerprint density at radius 1 is 0.970 bits per heavy atom. The summed E-state index contributed by atoms with van der Waals surface area (Å²) in [5.41, 5.74) is 0.683. The number of non-ortho nitro benzene ring substituents is 2. The maximum Gasteiger partial charge on any atom is 0.271 e. The van der Waals surface area contributed by atoms with E-state index in [9.17, 15) is 30.3 Å². The Morgan fingerprint density at radius 2 is 1.64 bits per heavy atom. The van der Waals surface area contributed by atoms with Gasteiger partial charge in [-0.15, -0.1) is 0 Å². The average Bonchev–Trinajstić information content (AvgIpc) is 2.82. The van der Waals surface area contributed by atoms with Crippen LogP contribution in [0, 0.1) is 31.6 Å². The number of hydrogen-bond donors (Lipinski definition) is 1. The molecule has 0 aliphatic heterocycles. The van der Waals surface area contributed by atoms with Gasteiger partial charge in [-0.1, -0.05) is 36.4 Å². The standard InChI is InChI=1S/C23H16N4O6/c24-14-18(23(28)25-19-7-4-9-21(13-19)27(31)32)12-17-6-1-2-10-22(17)33-15-16-5-3-8-20(11-16)26(29)30/h1-13H,15H2,(H,25,28)/b18-12+. The number of amides is 1. The van der Waals surface area contributed by atoms with Crippen molar-refractivity contribution in [2.24, 2.45) is 0 Å². The SMILES string of the molecule is N#C/C(=C\c1ccccc1OCc1cccc([N+](=O)[O-])c1)C(=O)Nc1cccc([N+](=O)[O-])c1. The van der Waals surface area contributed by atoms with Gasteiger partial charge < -0.3 is 10.1 Å². The lowest BCUT2D eigenvalue weighted by atomic mass is 10.1. The van der Waals surface area contributed by atoms with Gasteiger partial charge in [-0.05, 0) is 23.8 Å². The zero-order chi connectivity index (χ0) is 23.8. The third-order valence-corrected chi connectivity index (χ3v) is 4.41. The quantitative estimate of drug-likeness (QED) is 0.230. The van der Waals surface area contributed by atoms with Crippen LogP contribution in [0.25, 0.3) is 6.08 Å². The maximum atomic E-state index is 12.5. The molecule has 164 valence electrons. The highest BCUT2D eigenvalue weighted by Crippen LogP contribution is 2.24. The fourth-order valence-corrected chi connectivity index (χ4v) is 2.85. The van der Waals surface area contributed by atoms with Gasteiger partial charge in [0.05, 0.1) is 9.85 Å². The Balaban J connectivity index is 1.79. The summed E-state index contributed by atoms with van der Waals surface area (Å²) in [7, 11) is 0. The van der Waals surface area contributed by atoms with Crippen LogP contribution in [0.3, 0.4) is 0 Å². The largest absolute Gasteiger partial charge is 0.488 e. The molecule has 3 aromatic rings. The van der Waals surface area contributed by atoms with E-state index in [2.05, 4.69) is 5.32 Å². The number of carbonyl (C=O) groups excluding carboxylic acids is 1. The van der Waals surface area contributed by atoms with Crippen LogP contribution < -0.4 is 10.1 Å². The molecule has 0 saturated carbocycles. The van der Waals surface area contributed by atoms with E-state index in [1.54, 1.807) is 36.4 Å². The van der Waals surface area contributed by atoms with Gasteiger partial charge in [0.15, 0.2) is 0 Å². The van der Waals surface area contributed by atoms with Crippen molar-refractivity contribution in [3.8, 4) is 11.8 Å². The van der Waals surface area contributed by atoms with Crippen molar-refractivity contribution in [3.63, 3.8) is 0 Å². The molecule has 33 heavy (non-hydrogen) atoms. The van der Waals surface area contributed by atoms with E-state index in [1.807, 2.05) is 6.07 Å². The molecule has 10 nitrogen and oxygen atoms in total. The number of rotatable bonds is 8. The molecule has 0 saturated heterocycles. The number of nitriles is 1. The summed E-state index contributed by atoms with van der Waals surface area (Å²) < 4.78 is 5.76. The van der Waals surface area contributed by atoms with Gasteiger partial charge >= 0.3 is 0 Å². The fraction of sp³-hybridized carbons (Fsp3) is 0.0435. The van der Waals surface area contributed by atoms with Gasteiger partial charge in [0.2, 0.25) is 0 Å². The third kappa shape index (κ3) is 5.99. The lowest BCUT2D eigenvalue weighted by Crippen LogP contribution is -2.13. The summed E-state index contributed by atoms with van der Waals surface area (Å²) in [4.78, 5) is 33.3. The lowest BCUT2D eigenvalue weighted by Gasteiger charge is -2.10. The van der Waals surface area contributed by atoms with E-state index < -0.39 is 15.8 Å². The average molecular weight is 444 g/mol. The number of nitrogens with one attached hydrogen (secondary N) is 1. The summed E-state index contributed by atoms with van der Waals surface area (Å²) in [6, 6.07) is 19.8. The van der Waals surface area contributed by atoms with Crippen molar-refractivity contribution >= 4 is 29.0 Å². The Labute approximate surface area is 187 Å². The fourth-order valence-electron chi connectivity index (χ4n) is 2.85. The van der Waals surface area contributed by atoms with E-state index in [4.69, 9.17) is 4.74 Å². The topological polar surface area (TPSA) is 148 Å². The summed E-state index contributed by atoms with van der Waals surface area (Å²) >= 11 is 0. The Hall–Kier alpha value is -5.04. The highest BCUT2D eigenvalue weighted by molar-refractivity contribution is 6.09. The first-order valence-corrected chi connectivity index (χ1v) is 9.50. The van der Waals surface area contributed by atoms with Gasteiger partial charge in [-0.2, -0.15) is 5.26 Å². The minimum Gasteiger partial charge on any atom is -0.488 e. The predicted octanol–water partition coefficient (Wildman–Crippen LogP) is 4.63. The van der Waals surface area contributed by atoms with Gasteiger partial charge in [0.25, 0.3) is 17.3 Å². The van der Waals surface area contributed by atoms with Crippen LogP contribution in [-0.4, -0.2) is 15.8 Å². The molecule has 3 rings (SSSR count). The van der Waals surface area contributed by atoms with Crippen LogP contribution >= 0.6 is 0 Å². The van der Waals surface area contributed by atoms with Crippen LogP contribution in [-0.2, 0) is 11.4 Å². The van der Waals surface area contributed by atoms with Gasteiger partial charge in [0, 0.05) is 35.5 Å². The first kappa shape index (κ1) is 22.6. The molecule has 0 aliphatic rings. The Morgan fingerprint density at radius 3 is 2.33 bits per heavy atom. The van der Waals surface area contributed by atoms with Gasteiger partial charge in [-0.25, -0.2) is 0 Å². The predicted molar refractivity (Wildman–Crippen MR) is 119 cm³/mol. The van der Waals surface area contributed by atoms with E-state index in [-0.39, 0.29) is 29.2 Å². The molecule has 0 radical (unpaired) electrons. The number of nitrogens with zero attached hydrogens (tertiary/aromatic N) is 3. The Kier molecular flexibility index (Phi) is 7.08. The molecular weight excluding hydrogens is 428 g/mol. The number of anilines is 1. The smallest absolute Gasteiger partial charge is 0.271 e. The molecule has 1 amide bonds. The minimum absolute atomic E-state index is 0.0360. The zero-order valence-electron chi connectivity index (χ0n) is 17.0. The highest BCUT2D eigenvalue weighted by atomic mass is 16.6. The van der Waals surface area contributed by atoms with E-state index in [0.29, 0.717) is 16.9 Å². The first-order chi connectivity index (χ1) is 15.9. The number of carbonyl (C=O) groups is 1. The number of nitro benzene ring substituents is 2. The number of nitro groups is 2. The third-order valence-electron chi connectivity index (χ3n) is 4.41. The van der Waals surface area contributed by atoms with Crippen molar-refractivity contribution in [2.45, 2.75) is 6.61 Å². The molecule has 0 atom stereocenters. The molecule has 0 unspecified atom stereocenters. The van der Waals surface area contributed by atoms with Crippen LogP contribution in [0.1, 0.15) is 11.1 Å². The van der Waals surface area contributed by atoms with Crippen LogP contribution in [0.15, 0.2) is 78.4 Å². The summed E-state index contributed by atoms with van der Waals surface area (Å²) in [5, 5.41) is 33.8. The number of hydrogen-bond acceptors (Lipinski definition) is 7. The number of benzene rings is 3. The molecule has 1 N–H and O–H groups in total. The summed E-state index contributed by atoms with van der Waals surface area (Å²) in [6.07, 6.45) is 1.33. The van der Waals surface area contributed by atoms with Crippen LogP contribution in [0.5, 0.6) is 5.75 Å². The Bertz CT molecular complexity index is 1300. The normalized spacial score (nSPS) is 10.7. The molecule has 3 aromatic carbocycles. The van der Waals surface area contributed by atoms with Crippen molar-refractivity contribution < 1.29 is 19.4 Å². The second-order valence-electron chi connectivity index (χ2n) is 6.68. The lowest BCUT2D eigenvalue weighted by molar-refractivity contribution is -0.385. The maximum absolute atomic E-state index is 12.5. The summed E-state index contributed by atoms with van der Waals surface area (Å²) in [6.45, 7) is 0.0360.